The van der Waals surface area contributed by atoms with Crippen LogP contribution in [0.5, 0.6) is 0 Å². The molecule has 1 aliphatic rings. The van der Waals surface area contributed by atoms with Crippen molar-refractivity contribution in [2.75, 3.05) is 6.54 Å². The summed E-state index contributed by atoms with van der Waals surface area (Å²) in [4.78, 5) is 11.4. The van der Waals surface area contributed by atoms with Crippen molar-refractivity contribution < 1.29 is 14.3 Å². The Morgan fingerprint density at radius 1 is 1.62 bits per heavy atom. The highest BCUT2D eigenvalue weighted by Crippen LogP contribution is 2.30. The highest BCUT2D eigenvalue weighted by molar-refractivity contribution is 5.91. The smallest absolute Gasteiger partial charge is 0.244 e. The van der Waals surface area contributed by atoms with Gasteiger partial charge in [-0.25, -0.2) is 0 Å². The Kier molecular flexibility index (Phi) is 3.10. The first kappa shape index (κ1) is 11.0. The van der Waals surface area contributed by atoms with E-state index in [9.17, 15) is 9.90 Å². The van der Waals surface area contributed by atoms with Crippen molar-refractivity contribution in [3.05, 3.63) is 30.2 Å². The molecule has 1 heterocycles. The summed E-state index contributed by atoms with van der Waals surface area (Å²) in [5, 5.41) is 12.4. The van der Waals surface area contributed by atoms with Gasteiger partial charge in [-0.2, -0.15) is 0 Å². The lowest BCUT2D eigenvalue weighted by Gasteiger charge is -2.36. The normalized spacial score (nSPS) is 18.3. The van der Waals surface area contributed by atoms with Gasteiger partial charge in [-0.1, -0.05) is 0 Å². The highest BCUT2D eigenvalue weighted by atomic mass is 16.3. The first-order valence-corrected chi connectivity index (χ1v) is 5.40. The number of rotatable bonds is 4. The number of furan rings is 1. The Morgan fingerprint density at radius 3 is 3.00 bits per heavy atom. The van der Waals surface area contributed by atoms with Gasteiger partial charge in [0.15, 0.2) is 0 Å². The van der Waals surface area contributed by atoms with Crippen LogP contribution in [0.2, 0.25) is 0 Å². The van der Waals surface area contributed by atoms with Gasteiger partial charge in [-0.05, 0) is 37.5 Å². The summed E-state index contributed by atoms with van der Waals surface area (Å²) in [6.07, 6.45) is 7.13. The first-order chi connectivity index (χ1) is 7.68. The van der Waals surface area contributed by atoms with Gasteiger partial charge >= 0.3 is 0 Å². The van der Waals surface area contributed by atoms with Crippen LogP contribution in [0.25, 0.3) is 6.08 Å². The molecule has 0 spiro atoms. The number of amides is 1. The highest BCUT2D eigenvalue weighted by Gasteiger charge is 2.34. The molecule has 1 aromatic heterocycles. The maximum atomic E-state index is 11.4. The van der Waals surface area contributed by atoms with E-state index in [1.54, 1.807) is 24.5 Å². The topological polar surface area (TPSA) is 62.5 Å². The maximum Gasteiger partial charge on any atom is 0.244 e. The van der Waals surface area contributed by atoms with Crippen LogP contribution in [0.1, 0.15) is 25.0 Å². The summed E-state index contributed by atoms with van der Waals surface area (Å²) in [5.41, 5.74) is -0.672. The fourth-order valence-electron chi connectivity index (χ4n) is 1.62. The van der Waals surface area contributed by atoms with Gasteiger partial charge in [0, 0.05) is 12.6 Å². The van der Waals surface area contributed by atoms with E-state index in [1.807, 2.05) is 0 Å². The van der Waals surface area contributed by atoms with E-state index in [2.05, 4.69) is 5.32 Å². The van der Waals surface area contributed by atoms with Crippen molar-refractivity contribution in [1.29, 1.82) is 0 Å². The summed E-state index contributed by atoms with van der Waals surface area (Å²) < 4.78 is 5.05. The largest absolute Gasteiger partial charge is 0.465 e. The van der Waals surface area contributed by atoms with Crippen LogP contribution in [-0.2, 0) is 4.79 Å². The molecule has 4 heteroatoms. The fourth-order valence-corrected chi connectivity index (χ4v) is 1.62. The Morgan fingerprint density at radius 2 is 2.44 bits per heavy atom. The van der Waals surface area contributed by atoms with Gasteiger partial charge in [0.1, 0.15) is 5.76 Å². The van der Waals surface area contributed by atoms with Crippen molar-refractivity contribution in [3.8, 4) is 0 Å². The molecular formula is C12H15NO3. The quantitative estimate of drug-likeness (QED) is 0.754. The number of carbonyl (C=O) groups is 1. The summed E-state index contributed by atoms with van der Waals surface area (Å²) in [7, 11) is 0. The lowest BCUT2D eigenvalue weighted by atomic mass is 9.80. The fraction of sp³-hybridized carbons (Fsp3) is 0.417. The van der Waals surface area contributed by atoms with Crippen LogP contribution in [-0.4, -0.2) is 23.2 Å². The number of carbonyl (C=O) groups excluding carboxylic acids is 1. The molecule has 86 valence electrons. The van der Waals surface area contributed by atoms with Crippen molar-refractivity contribution in [3.63, 3.8) is 0 Å². The van der Waals surface area contributed by atoms with Gasteiger partial charge in [-0.3, -0.25) is 4.79 Å². The third kappa shape index (κ3) is 2.73. The Labute approximate surface area is 94.0 Å². The van der Waals surface area contributed by atoms with Gasteiger partial charge in [0.2, 0.25) is 5.91 Å². The molecule has 1 aliphatic carbocycles. The standard InChI is InChI=1S/C12H15NO3/c14-11(5-4-10-3-1-8-16-10)13-9-12(15)6-2-7-12/h1,3-5,8,15H,2,6-7,9H2,(H,13,14)/b5-4+. The third-order valence-electron chi connectivity index (χ3n) is 2.82. The maximum absolute atomic E-state index is 11.4. The van der Waals surface area contributed by atoms with E-state index in [0.717, 1.165) is 19.3 Å². The van der Waals surface area contributed by atoms with Crippen molar-refractivity contribution in [2.45, 2.75) is 24.9 Å². The minimum absolute atomic E-state index is 0.211. The van der Waals surface area contributed by atoms with Crippen LogP contribution in [0.3, 0.4) is 0 Å². The van der Waals surface area contributed by atoms with Crippen molar-refractivity contribution in [1.82, 2.24) is 5.32 Å². The van der Waals surface area contributed by atoms with Gasteiger partial charge < -0.3 is 14.8 Å². The van der Waals surface area contributed by atoms with E-state index < -0.39 is 5.60 Å². The molecule has 2 rings (SSSR count). The van der Waals surface area contributed by atoms with Crippen LogP contribution in [0.4, 0.5) is 0 Å². The van der Waals surface area contributed by atoms with Crippen LogP contribution < -0.4 is 5.32 Å². The van der Waals surface area contributed by atoms with E-state index in [1.165, 1.54) is 6.08 Å². The molecule has 0 aromatic carbocycles. The number of aliphatic hydroxyl groups is 1. The van der Waals surface area contributed by atoms with E-state index in [0.29, 0.717) is 12.3 Å². The molecule has 0 radical (unpaired) electrons. The molecule has 1 saturated carbocycles. The first-order valence-electron chi connectivity index (χ1n) is 5.40. The third-order valence-corrected chi connectivity index (χ3v) is 2.82. The second kappa shape index (κ2) is 4.53. The average molecular weight is 221 g/mol. The zero-order valence-electron chi connectivity index (χ0n) is 8.98. The zero-order valence-corrected chi connectivity index (χ0v) is 8.98. The molecule has 1 aromatic rings. The predicted octanol–water partition coefficient (Wildman–Crippen LogP) is 1.32. The molecule has 0 atom stereocenters. The predicted molar refractivity (Wildman–Crippen MR) is 59.6 cm³/mol. The van der Waals surface area contributed by atoms with Crippen LogP contribution in [0, 0.1) is 0 Å². The zero-order chi connectivity index (χ0) is 11.4. The molecule has 4 nitrogen and oxygen atoms in total. The molecule has 16 heavy (non-hydrogen) atoms. The molecule has 1 amide bonds. The van der Waals surface area contributed by atoms with Crippen LogP contribution in [0.15, 0.2) is 28.9 Å². The van der Waals surface area contributed by atoms with E-state index in [-0.39, 0.29) is 5.91 Å². The van der Waals surface area contributed by atoms with E-state index >= 15 is 0 Å². The monoisotopic (exact) mass is 221 g/mol. The van der Waals surface area contributed by atoms with Gasteiger partial charge in [0.25, 0.3) is 0 Å². The number of hydrogen-bond donors (Lipinski definition) is 2. The SMILES string of the molecule is O=C(/C=C/c1ccco1)NCC1(O)CCC1. The number of hydrogen-bond acceptors (Lipinski definition) is 3. The molecule has 2 N–H and O–H groups in total. The van der Waals surface area contributed by atoms with Gasteiger partial charge in [-0.15, -0.1) is 0 Å². The number of nitrogens with one attached hydrogen (secondary N) is 1. The summed E-state index contributed by atoms with van der Waals surface area (Å²) in [5.74, 6) is 0.425. The minimum Gasteiger partial charge on any atom is -0.465 e. The summed E-state index contributed by atoms with van der Waals surface area (Å²) in [6.45, 7) is 0.328. The average Bonchev–Trinajstić information content (AvgIpc) is 2.73. The second-order valence-corrected chi connectivity index (χ2v) is 4.14. The van der Waals surface area contributed by atoms with Crippen LogP contribution >= 0.6 is 0 Å². The lowest BCUT2D eigenvalue weighted by molar-refractivity contribution is -0.118. The van der Waals surface area contributed by atoms with Crippen molar-refractivity contribution >= 4 is 12.0 Å². The summed E-state index contributed by atoms with van der Waals surface area (Å²) >= 11 is 0. The molecule has 0 bridgehead atoms. The van der Waals surface area contributed by atoms with Gasteiger partial charge in [0.05, 0.1) is 11.9 Å². The molecule has 0 unspecified atom stereocenters. The molecule has 1 fully saturated rings. The molecule has 0 saturated heterocycles. The Bertz CT molecular complexity index is 377. The molecule has 0 aliphatic heterocycles. The van der Waals surface area contributed by atoms with Crippen molar-refractivity contribution in [2.24, 2.45) is 0 Å². The Balaban J connectivity index is 1.76. The minimum atomic E-state index is -0.672. The molecular weight excluding hydrogens is 206 g/mol. The second-order valence-electron chi connectivity index (χ2n) is 4.14. The lowest BCUT2D eigenvalue weighted by Crippen LogP contribution is -2.47. The Hall–Kier alpha value is -1.55. The van der Waals surface area contributed by atoms with E-state index in [4.69, 9.17) is 4.42 Å². The summed E-state index contributed by atoms with van der Waals surface area (Å²) in [6, 6.07) is 3.53.